The van der Waals surface area contributed by atoms with Crippen LogP contribution >= 0.6 is 0 Å². The number of carbonyl (C=O) groups excluding carboxylic acids is 1. The lowest BCUT2D eigenvalue weighted by Crippen LogP contribution is -2.23. The normalized spacial score (nSPS) is 10.7. The first-order valence-corrected chi connectivity index (χ1v) is 7.53. The van der Waals surface area contributed by atoms with Crippen LogP contribution in [0.15, 0.2) is 48.8 Å². The molecular weight excluding hydrogens is 288 g/mol. The standard InChI is InChI=1S/C18H20N4O/c1-13-8-9-22-17(10-13)16(12-19-22)20-15-6-4-14(5-7-15)11-18(23)21(2)3/h4-10,12,20H,11H2,1-3H3. The molecule has 0 radical (unpaired) electrons. The van der Waals surface area contributed by atoms with E-state index in [-0.39, 0.29) is 5.91 Å². The van der Waals surface area contributed by atoms with Crippen LogP contribution in [0.4, 0.5) is 11.4 Å². The number of pyridine rings is 1. The molecule has 0 spiro atoms. The lowest BCUT2D eigenvalue weighted by atomic mass is 10.1. The maximum atomic E-state index is 11.7. The van der Waals surface area contributed by atoms with Crippen LogP contribution in [0.5, 0.6) is 0 Å². The Kier molecular flexibility index (Phi) is 4.02. The summed E-state index contributed by atoms with van der Waals surface area (Å²) in [5.41, 5.74) is 5.17. The number of fused-ring (bicyclic) bond motifs is 1. The molecule has 1 N–H and O–H groups in total. The van der Waals surface area contributed by atoms with Crippen LogP contribution in [-0.2, 0) is 11.2 Å². The highest BCUT2D eigenvalue weighted by molar-refractivity contribution is 5.79. The van der Waals surface area contributed by atoms with Crippen molar-refractivity contribution in [1.82, 2.24) is 14.5 Å². The quantitative estimate of drug-likeness (QED) is 0.806. The molecular formula is C18H20N4O. The number of aromatic nitrogens is 2. The fourth-order valence-electron chi connectivity index (χ4n) is 2.38. The predicted molar refractivity (Wildman–Crippen MR) is 92.1 cm³/mol. The van der Waals surface area contributed by atoms with Gasteiger partial charge in [-0.15, -0.1) is 0 Å². The van der Waals surface area contributed by atoms with E-state index < -0.39 is 0 Å². The Hall–Kier alpha value is -2.82. The molecule has 1 amide bonds. The highest BCUT2D eigenvalue weighted by Gasteiger charge is 2.07. The fourth-order valence-corrected chi connectivity index (χ4v) is 2.38. The van der Waals surface area contributed by atoms with Gasteiger partial charge in [0.1, 0.15) is 0 Å². The van der Waals surface area contributed by atoms with Gasteiger partial charge in [-0.05, 0) is 42.3 Å². The number of rotatable bonds is 4. The minimum absolute atomic E-state index is 0.101. The average molecular weight is 308 g/mol. The lowest BCUT2D eigenvalue weighted by molar-refractivity contribution is -0.127. The molecule has 2 aromatic heterocycles. The second kappa shape index (κ2) is 6.12. The van der Waals surface area contributed by atoms with Gasteiger partial charge < -0.3 is 10.2 Å². The Morgan fingerprint density at radius 2 is 1.96 bits per heavy atom. The second-order valence-corrected chi connectivity index (χ2v) is 5.88. The average Bonchev–Trinajstić information content (AvgIpc) is 2.91. The lowest BCUT2D eigenvalue weighted by Gasteiger charge is -2.10. The third-order valence-corrected chi connectivity index (χ3v) is 3.76. The van der Waals surface area contributed by atoms with Crippen molar-refractivity contribution in [2.45, 2.75) is 13.3 Å². The number of carbonyl (C=O) groups is 1. The van der Waals surface area contributed by atoms with E-state index in [4.69, 9.17) is 0 Å². The van der Waals surface area contributed by atoms with Gasteiger partial charge in [0.25, 0.3) is 0 Å². The molecule has 0 unspecified atom stereocenters. The van der Waals surface area contributed by atoms with Crippen molar-refractivity contribution in [2.75, 3.05) is 19.4 Å². The molecule has 0 aliphatic heterocycles. The van der Waals surface area contributed by atoms with Crippen molar-refractivity contribution in [3.8, 4) is 0 Å². The maximum Gasteiger partial charge on any atom is 0.226 e. The first-order valence-electron chi connectivity index (χ1n) is 7.53. The zero-order chi connectivity index (χ0) is 16.4. The molecule has 0 atom stereocenters. The topological polar surface area (TPSA) is 49.6 Å². The number of hydrogen-bond donors (Lipinski definition) is 1. The number of amides is 1. The molecule has 118 valence electrons. The highest BCUT2D eigenvalue weighted by atomic mass is 16.2. The molecule has 23 heavy (non-hydrogen) atoms. The summed E-state index contributed by atoms with van der Waals surface area (Å²) in [5.74, 6) is 0.101. The first-order chi connectivity index (χ1) is 11.0. The molecule has 5 nitrogen and oxygen atoms in total. The Morgan fingerprint density at radius 1 is 1.22 bits per heavy atom. The second-order valence-electron chi connectivity index (χ2n) is 5.88. The van der Waals surface area contributed by atoms with E-state index in [1.165, 1.54) is 5.56 Å². The zero-order valence-electron chi connectivity index (χ0n) is 13.6. The number of aryl methyl sites for hydroxylation is 1. The van der Waals surface area contributed by atoms with Gasteiger partial charge in [-0.2, -0.15) is 5.10 Å². The van der Waals surface area contributed by atoms with Crippen molar-refractivity contribution in [3.63, 3.8) is 0 Å². The van der Waals surface area contributed by atoms with Crippen LogP contribution in [0.3, 0.4) is 0 Å². The monoisotopic (exact) mass is 308 g/mol. The number of nitrogens with zero attached hydrogens (tertiary/aromatic N) is 3. The van der Waals surface area contributed by atoms with Gasteiger partial charge in [-0.25, -0.2) is 4.52 Å². The number of benzene rings is 1. The van der Waals surface area contributed by atoms with E-state index in [1.54, 1.807) is 19.0 Å². The fraction of sp³-hybridized carbons (Fsp3) is 0.222. The summed E-state index contributed by atoms with van der Waals surface area (Å²) in [6, 6.07) is 12.0. The van der Waals surface area contributed by atoms with Gasteiger partial charge in [0.15, 0.2) is 0 Å². The largest absolute Gasteiger partial charge is 0.352 e. The minimum Gasteiger partial charge on any atom is -0.352 e. The summed E-state index contributed by atoms with van der Waals surface area (Å²) in [5, 5.41) is 7.72. The van der Waals surface area contributed by atoms with Gasteiger partial charge in [-0.3, -0.25) is 4.79 Å². The molecule has 3 rings (SSSR count). The summed E-state index contributed by atoms with van der Waals surface area (Å²) in [6.45, 7) is 2.06. The van der Waals surface area contributed by atoms with Gasteiger partial charge in [0.05, 0.1) is 23.8 Å². The van der Waals surface area contributed by atoms with Gasteiger partial charge in [0, 0.05) is 26.0 Å². The SMILES string of the molecule is Cc1ccn2ncc(Nc3ccc(CC(=O)N(C)C)cc3)c2c1. The third-order valence-electron chi connectivity index (χ3n) is 3.76. The minimum atomic E-state index is 0.101. The predicted octanol–water partition coefficient (Wildman–Crippen LogP) is 3.02. The first kappa shape index (κ1) is 15.1. The summed E-state index contributed by atoms with van der Waals surface area (Å²) < 4.78 is 1.85. The maximum absolute atomic E-state index is 11.7. The molecule has 2 heterocycles. The Balaban J connectivity index is 1.77. The van der Waals surface area contributed by atoms with Crippen LogP contribution in [0.2, 0.25) is 0 Å². The van der Waals surface area contributed by atoms with E-state index in [1.807, 2.05) is 47.2 Å². The number of hydrogen-bond acceptors (Lipinski definition) is 3. The molecule has 0 bridgehead atoms. The van der Waals surface area contributed by atoms with E-state index in [0.717, 1.165) is 22.5 Å². The van der Waals surface area contributed by atoms with Gasteiger partial charge in [-0.1, -0.05) is 12.1 Å². The van der Waals surface area contributed by atoms with E-state index >= 15 is 0 Å². The van der Waals surface area contributed by atoms with Crippen LogP contribution in [-0.4, -0.2) is 34.5 Å². The Labute approximate surface area is 135 Å². The van der Waals surface area contributed by atoms with Crippen molar-refractivity contribution in [3.05, 3.63) is 59.9 Å². The molecule has 1 aromatic carbocycles. The summed E-state index contributed by atoms with van der Waals surface area (Å²) in [7, 11) is 3.54. The van der Waals surface area contributed by atoms with Crippen molar-refractivity contribution in [1.29, 1.82) is 0 Å². The summed E-state index contributed by atoms with van der Waals surface area (Å²) in [6.07, 6.45) is 4.19. The van der Waals surface area contributed by atoms with E-state index in [0.29, 0.717) is 6.42 Å². The summed E-state index contributed by atoms with van der Waals surface area (Å²) >= 11 is 0. The van der Waals surface area contributed by atoms with Crippen LogP contribution in [0.1, 0.15) is 11.1 Å². The Morgan fingerprint density at radius 3 is 2.65 bits per heavy atom. The molecule has 0 aliphatic rings. The molecule has 0 aliphatic carbocycles. The van der Waals surface area contributed by atoms with Crippen LogP contribution in [0, 0.1) is 6.92 Å². The van der Waals surface area contributed by atoms with Crippen molar-refractivity contribution in [2.24, 2.45) is 0 Å². The molecule has 0 saturated carbocycles. The van der Waals surface area contributed by atoms with E-state index in [9.17, 15) is 4.79 Å². The van der Waals surface area contributed by atoms with Crippen LogP contribution < -0.4 is 5.32 Å². The number of likely N-dealkylation sites (N-methyl/N-ethyl adjacent to an activating group) is 1. The van der Waals surface area contributed by atoms with Crippen molar-refractivity contribution < 1.29 is 4.79 Å². The Bertz CT molecular complexity index is 834. The molecule has 3 aromatic rings. The summed E-state index contributed by atoms with van der Waals surface area (Å²) in [4.78, 5) is 13.3. The molecule has 5 heteroatoms. The van der Waals surface area contributed by atoms with Gasteiger partial charge >= 0.3 is 0 Å². The van der Waals surface area contributed by atoms with Gasteiger partial charge in [0.2, 0.25) is 5.91 Å². The van der Waals surface area contributed by atoms with Crippen molar-refractivity contribution >= 4 is 22.8 Å². The molecule has 0 saturated heterocycles. The van der Waals surface area contributed by atoms with Crippen LogP contribution in [0.25, 0.3) is 5.52 Å². The highest BCUT2D eigenvalue weighted by Crippen LogP contribution is 2.22. The zero-order valence-corrected chi connectivity index (χ0v) is 13.6. The number of nitrogens with one attached hydrogen (secondary N) is 1. The molecule has 0 fully saturated rings. The van der Waals surface area contributed by atoms with E-state index in [2.05, 4.69) is 23.4 Å². The number of anilines is 2. The smallest absolute Gasteiger partial charge is 0.226 e. The third kappa shape index (κ3) is 3.34.